The Bertz CT molecular complexity index is 788. The minimum absolute atomic E-state index is 0.254. The van der Waals surface area contributed by atoms with Gasteiger partial charge in [0.05, 0.1) is 6.54 Å². The molecule has 2 heterocycles. The van der Waals surface area contributed by atoms with E-state index in [0.717, 1.165) is 23.8 Å². The van der Waals surface area contributed by atoms with Gasteiger partial charge >= 0.3 is 0 Å². The summed E-state index contributed by atoms with van der Waals surface area (Å²) in [5, 5.41) is 0. The molecule has 0 aliphatic carbocycles. The van der Waals surface area contributed by atoms with Gasteiger partial charge in [0.25, 0.3) is 0 Å². The summed E-state index contributed by atoms with van der Waals surface area (Å²) in [6.07, 6.45) is 6.07. The number of aromatic nitrogens is 4. The lowest BCUT2D eigenvalue weighted by Gasteiger charge is -2.10. The van der Waals surface area contributed by atoms with E-state index in [1.54, 1.807) is 30.6 Å². The van der Waals surface area contributed by atoms with Gasteiger partial charge in [-0.1, -0.05) is 19.1 Å². The summed E-state index contributed by atoms with van der Waals surface area (Å²) in [7, 11) is 0. The second-order valence-corrected chi connectivity index (χ2v) is 4.93. The van der Waals surface area contributed by atoms with Crippen molar-refractivity contribution < 1.29 is 9.13 Å². The van der Waals surface area contributed by atoms with Gasteiger partial charge in [0.2, 0.25) is 0 Å². The Morgan fingerprint density at radius 3 is 2.83 bits per heavy atom. The third-order valence-electron chi connectivity index (χ3n) is 3.39. The summed E-state index contributed by atoms with van der Waals surface area (Å²) < 4.78 is 20.9. The number of hydrogen-bond donors (Lipinski definition) is 0. The first-order chi connectivity index (χ1) is 11.3. The molecule has 0 spiro atoms. The molecule has 0 saturated heterocycles. The summed E-state index contributed by atoms with van der Waals surface area (Å²) in [6.45, 7) is 2.90. The molecule has 23 heavy (non-hydrogen) atoms. The van der Waals surface area contributed by atoms with Gasteiger partial charge in [-0.3, -0.25) is 0 Å². The molecule has 0 bridgehead atoms. The van der Waals surface area contributed by atoms with Crippen LogP contribution < -0.4 is 4.74 Å². The zero-order valence-corrected chi connectivity index (χ0v) is 12.8. The molecule has 0 aliphatic heterocycles. The molecule has 0 aliphatic rings. The maximum absolute atomic E-state index is 13.5. The molecule has 6 heteroatoms. The molecule has 3 rings (SSSR count). The van der Waals surface area contributed by atoms with E-state index in [1.165, 1.54) is 6.07 Å². The first-order valence-corrected chi connectivity index (χ1v) is 7.48. The Morgan fingerprint density at radius 2 is 2.00 bits per heavy atom. The van der Waals surface area contributed by atoms with Gasteiger partial charge in [0, 0.05) is 25.0 Å². The summed E-state index contributed by atoms with van der Waals surface area (Å²) in [6, 6.07) is 8.20. The van der Waals surface area contributed by atoms with E-state index < -0.39 is 0 Å². The second-order valence-electron chi connectivity index (χ2n) is 4.93. The van der Waals surface area contributed by atoms with E-state index in [9.17, 15) is 4.39 Å². The number of imidazole rings is 1. The highest BCUT2D eigenvalue weighted by molar-refractivity contribution is 5.48. The lowest BCUT2D eigenvalue weighted by Crippen LogP contribution is -2.10. The van der Waals surface area contributed by atoms with Crippen LogP contribution in [0, 0.1) is 5.82 Å². The van der Waals surface area contributed by atoms with E-state index >= 15 is 0 Å². The van der Waals surface area contributed by atoms with Gasteiger partial charge in [-0.15, -0.1) is 0 Å². The van der Waals surface area contributed by atoms with E-state index in [-0.39, 0.29) is 11.6 Å². The Labute approximate surface area is 133 Å². The van der Waals surface area contributed by atoms with Crippen LogP contribution in [0.4, 0.5) is 4.39 Å². The molecular formula is C17H17FN4O. The maximum Gasteiger partial charge on any atom is 0.165 e. The summed E-state index contributed by atoms with van der Waals surface area (Å²) in [4.78, 5) is 13.0. The number of nitrogens with zero attached hydrogens (tertiary/aromatic N) is 4. The van der Waals surface area contributed by atoms with E-state index in [2.05, 4.69) is 15.0 Å². The van der Waals surface area contributed by atoms with Crippen molar-refractivity contribution in [1.82, 2.24) is 19.5 Å². The number of aryl methyl sites for hydroxylation is 1. The molecule has 0 atom stereocenters. The van der Waals surface area contributed by atoms with Gasteiger partial charge < -0.3 is 9.30 Å². The number of halogens is 1. The van der Waals surface area contributed by atoms with Crippen molar-refractivity contribution in [1.29, 1.82) is 0 Å². The van der Waals surface area contributed by atoms with Gasteiger partial charge in [-0.2, -0.15) is 0 Å². The molecule has 3 aromatic rings. The molecule has 2 aromatic heterocycles. The summed E-state index contributed by atoms with van der Waals surface area (Å²) >= 11 is 0. The van der Waals surface area contributed by atoms with Crippen molar-refractivity contribution in [3.05, 3.63) is 60.6 Å². The van der Waals surface area contributed by atoms with Crippen LogP contribution in [0.5, 0.6) is 5.75 Å². The molecule has 0 radical (unpaired) electrons. The fourth-order valence-corrected chi connectivity index (χ4v) is 2.23. The van der Waals surface area contributed by atoms with Crippen LogP contribution in [-0.2, 0) is 13.0 Å². The predicted octanol–water partition coefficient (Wildman–Crippen LogP) is 3.12. The van der Waals surface area contributed by atoms with Crippen molar-refractivity contribution in [2.24, 2.45) is 0 Å². The second kappa shape index (κ2) is 7.00. The smallest absolute Gasteiger partial charge is 0.165 e. The molecule has 0 N–H and O–H groups in total. The van der Waals surface area contributed by atoms with Crippen molar-refractivity contribution in [3.63, 3.8) is 0 Å². The molecule has 0 fully saturated rings. The molecule has 0 unspecified atom stereocenters. The van der Waals surface area contributed by atoms with Crippen molar-refractivity contribution in [2.45, 2.75) is 19.9 Å². The minimum atomic E-state index is -0.359. The highest BCUT2D eigenvalue weighted by Gasteiger charge is 2.09. The molecule has 1 aromatic carbocycles. The number of benzene rings is 1. The fraction of sp³-hybridized carbons (Fsp3) is 0.235. The summed E-state index contributed by atoms with van der Waals surface area (Å²) in [5.41, 5.74) is 0.771. The Morgan fingerprint density at radius 1 is 1.13 bits per heavy atom. The quantitative estimate of drug-likeness (QED) is 0.702. The SMILES string of the molecule is CCc1nccc(-c2nccn2CCOc2ccccc2F)n1. The first-order valence-electron chi connectivity index (χ1n) is 7.48. The topological polar surface area (TPSA) is 52.8 Å². The molecular weight excluding hydrogens is 295 g/mol. The number of hydrogen-bond acceptors (Lipinski definition) is 4. The van der Waals surface area contributed by atoms with Gasteiger partial charge in [-0.05, 0) is 18.2 Å². The highest BCUT2D eigenvalue weighted by atomic mass is 19.1. The molecule has 5 nitrogen and oxygen atoms in total. The van der Waals surface area contributed by atoms with Gasteiger partial charge in [0.1, 0.15) is 18.1 Å². The third-order valence-corrected chi connectivity index (χ3v) is 3.39. The Hall–Kier alpha value is -2.76. The molecule has 0 amide bonds. The zero-order chi connectivity index (χ0) is 16.1. The molecule has 0 saturated carbocycles. The minimum Gasteiger partial charge on any atom is -0.489 e. The number of ether oxygens (including phenoxy) is 1. The zero-order valence-electron chi connectivity index (χ0n) is 12.8. The van der Waals surface area contributed by atoms with Crippen LogP contribution in [0.2, 0.25) is 0 Å². The Kier molecular flexibility index (Phi) is 4.61. The van der Waals surface area contributed by atoms with Crippen LogP contribution >= 0.6 is 0 Å². The standard InChI is InChI=1S/C17H17FN4O/c1-2-16-19-8-7-14(21-16)17-20-9-10-22(17)11-12-23-15-6-4-3-5-13(15)18/h3-10H,2,11-12H2,1H3. The van der Waals surface area contributed by atoms with Crippen LogP contribution in [-0.4, -0.2) is 26.1 Å². The largest absolute Gasteiger partial charge is 0.489 e. The molecule has 118 valence electrons. The Balaban J connectivity index is 1.70. The van der Waals surface area contributed by atoms with E-state index in [1.807, 2.05) is 23.8 Å². The van der Waals surface area contributed by atoms with Crippen LogP contribution in [0.25, 0.3) is 11.5 Å². The van der Waals surface area contributed by atoms with Crippen molar-refractivity contribution >= 4 is 0 Å². The lowest BCUT2D eigenvalue weighted by molar-refractivity contribution is 0.285. The maximum atomic E-state index is 13.5. The van der Waals surface area contributed by atoms with E-state index in [0.29, 0.717) is 13.2 Å². The number of para-hydroxylation sites is 1. The number of rotatable bonds is 6. The van der Waals surface area contributed by atoms with Gasteiger partial charge in [0.15, 0.2) is 17.4 Å². The van der Waals surface area contributed by atoms with E-state index in [4.69, 9.17) is 4.74 Å². The fourth-order valence-electron chi connectivity index (χ4n) is 2.23. The van der Waals surface area contributed by atoms with Crippen LogP contribution in [0.3, 0.4) is 0 Å². The lowest BCUT2D eigenvalue weighted by atomic mass is 10.3. The van der Waals surface area contributed by atoms with Gasteiger partial charge in [-0.25, -0.2) is 19.3 Å². The average molecular weight is 312 g/mol. The first kappa shape index (κ1) is 15.1. The summed E-state index contributed by atoms with van der Waals surface area (Å²) in [5.74, 6) is 1.42. The normalized spacial score (nSPS) is 10.7. The van der Waals surface area contributed by atoms with Crippen molar-refractivity contribution in [3.8, 4) is 17.3 Å². The average Bonchev–Trinajstić information content (AvgIpc) is 3.05. The monoisotopic (exact) mass is 312 g/mol. The highest BCUT2D eigenvalue weighted by Crippen LogP contribution is 2.17. The third kappa shape index (κ3) is 3.53. The van der Waals surface area contributed by atoms with Crippen LogP contribution in [0.1, 0.15) is 12.7 Å². The van der Waals surface area contributed by atoms with Crippen molar-refractivity contribution in [2.75, 3.05) is 6.61 Å². The van der Waals surface area contributed by atoms with Crippen LogP contribution in [0.15, 0.2) is 48.9 Å². The predicted molar refractivity (Wildman–Crippen MR) is 84.5 cm³/mol.